The minimum absolute atomic E-state index is 0.344. The number of rotatable bonds is 5. The number of hydrogen-bond acceptors (Lipinski definition) is 3. The normalized spacial score (nSPS) is 10.7. The Bertz CT molecular complexity index is 1200. The highest BCUT2D eigenvalue weighted by Crippen LogP contribution is 2.19. The molecule has 1 aromatic heterocycles. The Kier molecular flexibility index (Phi) is 5.35. The molecule has 30 heavy (non-hydrogen) atoms. The first-order valence-corrected chi connectivity index (χ1v) is 9.72. The zero-order valence-corrected chi connectivity index (χ0v) is 16.9. The Balaban J connectivity index is 1.36. The van der Waals surface area contributed by atoms with Crippen molar-refractivity contribution in [1.82, 2.24) is 4.57 Å². The molecular formula is C25H22N2O3. The van der Waals surface area contributed by atoms with Gasteiger partial charge in [-0.15, -0.1) is 0 Å². The van der Waals surface area contributed by atoms with Gasteiger partial charge in [-0.25, -0.2) is 4.79 Å². The molecule has 0 aliphatic carbocycles. The largest absolute Gasteiger partial charge is 0.452 e. The first-order valence-electron chi connectivity index (χ1n) is 9.72. The van der Waals surface area contributed by atoms with Crippen LogP contribution in [0.4, 0.5) is 5.69 Å². The second-order valence-electron chi connectivity index (χ2n) is 7.18. The number of ether oxygens (including phenoxy) is 1. The first kappa shape index (κ1) is 19.5. The van der Waals surface area contributed by atoms with Crippen LogP contribution in [0.15, 0.2) is 78.9 Å². The van der Waals surface area contributed by atoms with E-state index in [1.54, 1.807) is 12.1 Å². The van der Waals surface area contributed by atoms with Crippen LogP contribution in [0.5, 0.6) is 0 Å². The summed E-state index contributed by atoms with van der Waals surface area (Å²) in [6, 6.07) is 24.8. The van der Waals surface area contributed by atoms with Gasteiger partial charge in [-0.3, -0.25) is 4.79 Å². The number of carbonyl (C=O) groups excluding carboxylic acids is 2. The zero-order chi connectivity index (χ0) is 21.1. The topological polar surface area (TPSA) is 60.3 Å². The molecule has 0 saturated heterocycles. The van der Waals surface area contributed by atoms with Crippen LogP contribution in [0.3, 0.4) is 0 Å². The molecule has 4 aromatic rings. The number of nitrogens with zero attached hydrogens (tertiary/aromatic N) is 1. The number of carbonyl (C=O) groups is 2. The van der Waals surface area contributed by atoms with Crippen LogP contribution in [0.1, 0.15) is 21.7 Å². The van der Waals surface area contributed by atoms with Crippen molar-refractivity contribution in [2.45, 2.75) is 13.8 Å². The van der Waals surface area contributed by atoms with E-state index in [1.165, 1.54) is 0 Å². The average molecular weight is 398 g/mol. The van der Waals surface area contributed by atoms with Crippen LogP contribution in [0.25, 0.3) is 16.5 Å². The number of amides is 1. The van der Waals surface area contributed by atoms with E-state index in [-0.39, 0.29) is 12.5 Å². The van der Waals surface area contributed by atoms with E-state index in [0.717, 1.165) is 27.8 Å². The third-order valence-corrected chi connectivity index (χ3v) is 5.00. The standard InChI is InChI=1S/C25H22N2O3/c1-17-7-8-18(2)27(17)23-13-10-20(11-14-23)25(29)30-16-24(28)26-22-12-9-19-5-3-4-6-21(19)15-22/h3-15H,16H2,1-2H3,(H,26,28). The molecule has 1 heterocycles. The Hall–Kier alpha value is -3.86. The minimum Gasteiger partial charge on any atom is -0.452 e. The maximum absolute atomic E-state index is 12.3. The third kappa shape index (κ3) is 4.10. The van der Waals surface area contributed by atoms with Gasteiger partial charge in [0.25, 0.3) is 5.91 Å². The van der Waals surface area contributed by atoms with Crippen molar-refractivity contribution in [2.75, 3.05) is 11.9 Å². The number of aromatic nitrogens is 1. The molecule has 0 radical (unpaired) electrons. The quantitative estimate of drug-likeness (QED) is 0.479. The van der Waals surface area contributed by atoms with E-state index in [0.29, 0.717) is 11.3 Å². The van der Waals surface area contributed by atoms with Crippen LogP contribution in [0, 0.1) is 13.8 Å². The first-order chi connectivity index (χ1) is 14.5. The van der Waals surface area contributed by atoms with Crippen LogP contribution in [0.2, 0.25) is 0 Å². The van der Waals surface area contributed by atoms with Gasteiger partial charge in [-0.1, -0.05) is 30.3 Å². The van der Waals surface area contributed by atoms with Crippen LogP contribution >= 0.6 is 0 Å². The molecule has 4 rings (SSSR count). The summed E-state index contributed by atoms with van der Waals surface area (Å²) in [5.41, 5.74) is 4.28. The van der Waals surface area contributed by atoms with Gasteiger partial charge < -0.3 is 14.6 Å². The maximum Gasteiger partial charge on any atom is 0.338 e. The fraction of sp³-hybridized carbons (Fsp3) is 0.120. The number of benzene rings is 3. The maximum atomic E-state index is 12.3. The van der Waals surface area contributed by atoms with Gasteiger partial charge in [-0.05, 0) is 73.2 Å². The van der Waals surface area contributed by atoms with Crippen molar-refractivity contribution >= 4 is 28.3 Å². The molecule has 0 unspecified atom stereocenters. The number of esters is 1. The number of aryl methyl sites for hydroxylation is 2. The van der Waals surface area contributed by atoms with E-state index in [2.05, 4.69) is 9.88 Å². The highest BCUT2D eigenvalue weighted by atomic mass is 16.5. The van der Waals surface area contributed by atoms with E-state index in [4.69, 9.17) is 4.74 Å². The van der Waals surface area contributed by atoms with Crippen molar-refractivity contribution in [3.8, 4) is 5.69 Å². The van der Waals surface area contributed by atoms with E-state index in [1.807, 2.05) is 80.6 Å². The summed E-state index contributed by atoms with van der Waals surface area (Å²) in [5, 5.41) is 4.88. The summed E-state index contributed by atoms with van der Waals surface area (Å²) in [5.74, 6) is -0.912. The molecule has 150 valence electrons. The molecule has 5 heteroatoms. The highest BCUT2D eigenvalue weighted by molar-refractivity contribution is 5.97. The van der Waals surface area contributed by atoms with Crippen LogP contribution in [-0.2, 0) is 9.53 Å². The summed E-state index contributed by atoms with van der Waals surface area (Å²) < 4.78 is 7.27. The van der Waals surface area contributed by atoms with E-state index >= 15 is 0 Å². The minimum atomic E-state index is -0.531. The molecular weight excluding hydrogens is 376 g/mol. The third-order valence-electron chi connectivity index (χ3n) is 5.00. The molecule has 0 aliphatic heterocycles. The Morgan fingerprint density at radius 3 is 2.20 bits per heavy atom. The van der Waals surface area contributed by atoms with Gasteiger partial charge >= 0.3 is 5.97 Å². The van der Waals surface area contributed by atoms with E-state index in [9.17, 15) is 9.59 Å². The van der Waals surface area contributed by atoms with Gasteiger partial charge in [-0.2, -0.15) is 0 Å². The van der Waals surface area contributed by atoms with Crippen molar-refractivity contribution < 1.29 is 14.3 Å². The Morgan fingerprint density at radius 1 is 0.833 bits per heavy atom. The van der Waals surface area contributed by atoms with Gasteiger partial charge in [0.1, 0.15) is 0 Å². The molecule has 3 aromatic carbocycles. The van der Waals surface area contributed by atoms with Crippen molar-refractivity contribution in [3.05, 3.63) is 95.8 Å². The second-order valence-corrected chi connectivity index (χ2v) is 7.18. The second kappa shape index (κ2) is 8.25. The number of fused-ring (bicyclic) bond motifs is 1. The number of hydrogen-bond donors (Lipinski definition) is 1. The molecule has 0 atom stereocenters. The molecule has 1 N–H and O–H groups in total. The summed E-state index contributed by atoms with van der Waals surface area (Å²) in [7, 11) is 0. The predicted molar refractivity (Wildman–Crippen MR) is 118 cm³/mol. The predicted octanol–water partition coefficient (Wildman–Crippen LogP) is 5.04. The monoisotopic (exact) mass is 398 g/mol. The van der Waals surface area contributed by atoms with Crippen molar-refractivity contribution in [1.29, 1.82) is 0 Å². The van der Waals surface area contributed by atoms with Crippen LogP contribution < -0.4 is 5.32 Å². The molecule has 5 nitrogen and oxygen atoms in total. The van der Waals surface area contributed by atoms with E-state index < -0.39 is 5.97 Å². The lowest BCUT2D eigenvalue weighted by Gasteiger charge is -2.10. The molecule has 0 bridgehead atoms. The lowest BCUT2D eigenvalue weighted by Crippen LogP contribution is -2.20. The summed E-state index contributed by atoms with van der Waals surface area (Å²) in [6.45, 7) is 3.72. The molecule has 0 fully saturated rings. The number of nitrogens with one attached hydrogen (secondary N) is 1. The smallest absolute Gasteiger partial charge is 0.338 e. The van der Waals surface area contributed by atoms with Gasteiger partial charge in [0, 0.05) is 22.8 Å². The molecule has 0 aliphatic rings. The van der Waals surface area contributed by atoms with Gasteiger partial charge in [0.15, 0.2) is 6.61 Å². The SMILES string of the molecule is Cc1ccc(C)n1-c1ccc(C(=O)OCC(=O)Nc2ccc3ccccc3c2)cc1. The summed E-state index contributed by atoms with van der Waals surface area (Å²) in [6.07, 6.45) is 0. The lowest BCUT2D eigenvalue weighted by molar-refractivity contribution is -0.119. The number of anilines is 1. The molecule has 0 spiro atoms. The molecule has 0 saturated carbocycles. The Labute approximate surface area is 174 Å². The van der Waals surface area contributed by atoms with Gasteiger partial charge in [0.2, 0.25) is 0 Å². The Morgan fingerprint density at radius 2 is 1.50 bits per heavy atom. The van der Waals surface area contributed by atoms with Crippen molar-refractivity contribution in [2.24, 2.45) is 0 Å². The van der Waals surface area contributed by atoms with Crippen molar-refractivity contribution in [3.63, 3.8) is 0 Å². The van der Waals surface area contributed by atoms with Crippen LogP contribution in [-0.4, -0.2) is 23.1 Å². The molecule has 1 amide bonds. The highest BCUT2D eigenvalue weighted by Gasteiger charge is 2.12. The average Bonchev–Trinajstić information content (AvgIpc) is 3.10. The fourth-order valence-electron chi connectivity index (χ4n) is 3.50. The lowest BCUT2D eigenvalue weighted by atomic mass is 10.1. The van der Waals surface area contributed by atoms with Gasteiger partial charge in [0.05, 0.1) is 5.56 Å². The summed E-state index contributed by atoms with van der Waals surface area (Å²) in [4.78, 5) is 24.5. The fourth-order valence-corrected chi connectivity index (χ4v) is 3.50. The zero-order valence-electron chi connectivity index (χ0n) is 16.9. The summed E-state index contributed by atoms with van der Waals surface area (Å²) >= 11 is 0.